The molecule has 1 aliphatic heterocycles. The average molecular weight is 251 g/mol. The standard InChI is InChI=1S/C12H21N5O/c1-16-5-2-10(3-6-16)8-14-12(18)9-17-7-4-11(13)15-17/h4,7,10H,2-3,5-6,8-9H2,1H3,(H2,13,15)(H,14,18). The van der Waals surface area contributed by atoms with E-state index in [1.807, 2.05) is 0 Å². The Hall–Kier alpha value is -1.56. The summed E-state index contributed by atoms with van der Waals surface area (Å²) in [4.78, 5) is 14.0. The fraction of sp³-hybridized carbons (Fsp3) is 0.667. The van der Waals surface area contributed by atoms with Gasteiger partial charge in [0.1, 0.15) is 12.4 Å². The second kappa shape index (κ2) is 5.86. The number of hydrogen-bond acceptors (Lipinski definition) is 4. The summed E-state index contributed by atoms with van der Waals surface area (Å²) in [5.41, 5.74) is 5.49. The SMILES string of the molecule is CN1CCC(CNC(=O)Cn2ccc(N)n2)CC1. The molecule has 0 atom stereocenters. The van der Waals surface area contributed by atoms with Gasteiger partial charge in [-0.2, -0.15) is 5.10 Å². The second-order valence-corrected chi connectivity index (χ2v) is 4.99. The summed E-state index contributed by atoms with van der Waals surface area (Å²) in [5, 5.41) is 6.95. The minimum atomic E-state index is -0.00275. The Balaban J connectivity index is 1.68. The molecule has 2 heterocycles. The van der Waals surface area contributed by atoms with Crippen molar-refractivity contribution in [2.24, 2.45) is 5.92 Å². The molecule has 6 heteroatoms. The highest BCUT2D eigenvalue weighted by atomic mass is 16.2. The molecule has 1 amide bonds. The number of nitrogens with two attached hydrogens (primary N) is 1. The maximum Gasteiger partial charge on any atom is 0.241 e. The third-order valence-corrected chi connectivity index (χ3v) is 3.39. The number of rotatable bonds is 4. The van der Waals surface area contributed by atoms with Crippen molar-refractivity contribution in [3.63, 3.8) is 0 Å². The summed E-state index contributed by atoms with van der Waals surface area (Å²) >= 11 is 0. The molecule has 0 saturated carbocycles. The van der Waals surface area contributed by atoms with Gasteiger partial charge in [0.15, 0.2) is 0 Å². The van der Waals surface area contributed by atoms with Gasteiger partial charge in [-0.25, -0.2) is 0 Å². The highest BCUT2D eigenvalue weighted by Gasteiger charge is 2.17. The van der Waals surface area contributed by atoms with Crippen LogP contribution in [-0.2, 0) is 11.3 Å². The van der Waals surface area contributed by atoms with Gasteiger partial charge in [-0.3, -0.25) is 9.48 Å². The van der Waals surface area contributed by atoms with E-state index in [2.05, 4.69) is 22.4 Å². The average Bonchev–Trinajstić information content (AvgIpc) is 2.74. The molecule has 1 aliphatic rings. The molecule has 18 heavy (non-hydrogen) atoms. The van der Waals surface area contributed by atoms with E-state index >= 15 is 0 Å². The number of anilines is 1. The van der Waals surface area contributed by atoms with Gasteiger partial charge >= 0.3 is 0 Å². The molecule has 1 aromatic rings. The zero-order valence-corrected chi connectivity index (χ0v) is 10.8. The first-order valence-electron chi connectivity index (χ1n) is 6.37. The summed E-state index contributed by atoms with van der Waals surface area (Å²) in [6, 6.07) is 1.68. The summed E-state index contributed by atoms with van der Waals surface area (Å²) in [7, 11) is 2.14. The summed E-state index contributed by atoms with van der Waals surface area (Å²) < 4.78 is 1.55. The van der Waals surface area contributed by atoms with Crippen LogP contribution in [0, 0.1) is 5.92 Å². The number of nitrogens with zero attached hydrogens (tertiary/aromatic N) is 3. The van der Waals surface area contributed by atoms with Crippen LogP contribution in [-0.4, -0.2) is 47.3 Å². The van der Waals surface area contributed by atoms with Crippen LogP contribution in [0.1, 0.15) is 12.8 Å². The van der Waals surface area contributed by atoms with Crippen LogP contribution in [0.25, 0.3) is 0 Å². The number of nitrogen functional groups attached to an aromatic ring is 1. The first-order valence-corrected chi connectivity index (χ1v) is 6.37. The number of carbonyl (C=O) groups is 1. The third kappa shape index (κ3) is 3.73. The Kier molecular flexibility index (Phi) is 4.19. The molecule has 0 radical (unpaired) electrons. The van der Waals surface area contributed by atoms with Gasteiger partial charge in [0.05, 0.1) is 0 Å². The monoisotopic (exact) mass is 251 g/mol. The molecule has 0 unspecified atom stereocenters. The van der Waals surface area contributed by atoms with E-state index in [-0.39, 0.29) is 12.5 Å². The van der Waals surface area contributed by atoms with E-state index in [1.165, 1.54) is 0 Å². The number of nitrogens with one attached hydrogen (secondary N) is 1. The van der Waals surface area contributed by atoms with Crippen LogP contribution < -0.4 is 11.1 Å². The first-order chi connectivity index (χ1) is 8.63. The Morgan fingerprint density at radius 2 is 2.28 bits per heavy atom. The van der Waals surface area contributed by atoms with Crippen molar-refractivity contribution in [3.05, 3.63) is 12.3 Å². The normalized spacial score (nSPS) is 17.8. The molecule has 100 valence electrons. The molecular formula is C12H21N5O. The molecule has 0 bridgehead atoms. The maximum atomic E-state index is 11.7. The molecule has 1 aromatic heterocycles. The van der Waals surface area contributed by atoms with Gasteiger partial charge in [0, 0.05) is 12.7 Å². The van der Waals surface area contributed by atoms with Crippen molar-refractivity contribution in [1.82, 2.24) is 20.0 Å². The molecule has 1 saturated heterocycles. The van der Waals surface area contributed by atoms with Crippen molar-refractivity contribution in [2.75, 3.05) is 32.4 Å². The summed E-state index contributed by atoms with van der Waals surface area (Å²) in [6.07, 6.45) is 4.03. The number of carbonyl (C=O) groups excluding carboxylic acids is 1. The van der Waals surface area contributed by atoms with E-state index in [1.54, 1.807) is 16.9 Å². The predicted molar refractivity (Wildman–Crippen MR) is 69.9 cm³/mol. The van der Waals surface area contributed by atoms with Crippen LogP contribution in [0.15, 0.2) is 12.3 Å². The molecule has 1 fully saturated rings. The zero-order chi connectivity index (χ0) is 13.0. The number of piperidine rings is 1. The van der Waals surface area contributed by atoms with Gasteiger partial charge in [-0.15, -0.1) is 0 Å². The van der Waals surface area contributed by atoms with Crippen LogP contribution in [0.3, 0.4) is 0 Å². The van der Waals surface area contributed by atoms with Gasteiger partial charge in [-0.05, 0) is 45.0 Å². The number of amides is 1. The minimum Gasteiger partial charge on any atom is -0.382 e. The Bertz CT molecular complexity index is 395. The number of hydrogen-bond donors (Lipinski definition) is 2. The summed E-state index contributed by atoms with van der Waals surface area (Å²) in [6.45, 7) is 3.25. The topological polar surface area (TPSA) is 76.2 Å². The fourth-order valence-corrected chi connectivity index (χ4v) is 2.19. The quantitative estimate of drug-likeness (QED) is 0.785. The van der Waals surface area contributed by atoms with Gasteiger partial charge < -0.3 is 16.0 Å². The lowest BCUT2D eigenvalue weighted by Gasteiger charge is -2.28. The lowest BCUT2D eigenvalue weighted by molar-refractivity contribution is -0.122. The maximum absolute atomic E-state index is 11.7. The number of likely N-dealkylation sites (tertiary alicyclic amines) is 1. The van der Waals surface area contributed by atoms with Crippen molar-refractivity contribution in [3.8, 4) is 0 Å². The van der Waals surface area contributed by atoms with Crippen LogP contribution in [0.5, 0.6) is 0 Å². The zero-order valence-electron chi connectivity index (χ0n) is 10.8. The third-order valence-electron chi connectivity index (χ3n) is 3.39. The van der Waals surface area contributed by atoms with Crippen molar-refractivity contribution in [1.29, 1.82) is 0 Å². The summed E-state index contributed by atoms with van der Waals surface area (Å²) in [5.74, 6) is 1.04. The van der Waals surface area contributed by atoms with E-state index in [0.717, 1.165) is 32.5 Å². The Morgan fingerprint density at radius 1 is 1.56 bits per heavy atom. The molecule has 2 rings (SSSR count). The van der Waals surface area contributed by atoms with Gasteiger partial charge in [0.2, 0.25) is 5.91 Å². The minimum absolute atomic E-state index is 0.00275. The van der Waals surface area contributed by atoms with Crippen LogP contribution in [0.4, 0.5) is 5.82 Å². The lowest BCUT2D eigenvalue weighted by Crippen LogP contribution is -2.37. The van der Waals surface area contributed by atoms with E-state index < -0.39 is 0 Å². The largest absolute Gasteiger partial charge is 0.382 e. The Morgan fingerprint density at radius 3 is 2.89 bits per heavy atom. The van der Waals surface area contributed by atoms with Gasteiger partial charge in [-0.1, -0.05) is 0 Å². The van der Waals surface area contributed by atoms with Crippen molar-refractivity contribution < 1.29 is 4.79 Å². The van der Waals surface area contributed by atoms with Gasteiger partial charge in [0.25, 0.3) is 0 Å². The van der Waals surface area contributed by atoms with Crippen molar-refractivity contribution in [2.45, 2.75) is 19.4 Å². The fourth-order valence-electron chi connectivity index (χ4n) is 2.19. The molecule has 3 N–H and O–H groups in total. The van der Waals surface area contributed by atoms with E-state index in [0.29, 0.717) is 11.7 Å². The Labute approximate surface area is 107 Å². The lowest BCUT2D eigenvalue weighted by atomic mass is 9.97. The molecule has 0 spiro atoms. The predicted octanol–water partition coefficient (Wildman–Crippen LogP) is -0.0767. The second-order valence-electron chi connectivity index (χ2n) is 4.99. The number of aromatic nitrogens is 2. The first kappa shape index (κ1) is 12.9. The highest BCUT2D eigenvalue weighted by molar-refractivity contribution is 5.75. The molecule has 6 nitrogen and oxygen atoms in total. The van der Waals surface area contributed by atoms with Crippen molar-refractivity contribution >= 4 is 11.7 Å². The van der Waals surface area contributed by atoms with E-state index in [4.69, 9.17) is 5.73 Å². The highest BCUT2D eigenvalue weighted by Crippen LogP contribution is 2.14. The van der Waals surface area contributed by atoms with E-state index in [9.17, 15) is 4.79 Å². The smallest absolute Gasteiger partial charge is 0.241 e. The molecule has 0 aliphatic carbocycles. The van der Waals surface area contributed by atoms with Crippen LogP contribution in [0.2, 0.25) is 0 Å². The molecular weight excluding hydrogens is 230 g/mol. The van der Waals surface area contributed by atoms with Crippen LogP contribution >= 0.6 is 0 Å². The molecule has 0 aromatic carbocycles.